The normalized spacial score (nSPS) is 12.4. The molecule has 1 atom stereocenters. The van der Waals surface area contributed by atoms with Gasteiger partial charge in [-0.1, -0.05) is 60.5 Å². The third kappa shape index (κ3) is 6.75. The smallest absolute Gasteiger partial charge is 0.243 e. The van der Waals surface area contributed by atoms with E-state index in [1.807, 2.05) is 58.9 Å². The first kappa shape index (κ1) is 24.2. The fourth-order valence-corrected chi connectivity index (χ4v) is 3.75. The average molecular weight is 449 g/mol. The minimum absolute atomic E-state index is 0.119. The van der Waals surface area contributed by atoms with Crippen LogP contribution < -0.4 is 5.32 Å². The van der Waals surface area contributed by atoms with Crippen molar-refractivity contribution < 1.29 is 9.59 Å². The molecule has 0 aromatic heterocycles. The molecule has 1 N–H and O–H groups in total. The summed E-state index contributed by atoms with van der Waals surface area (Å²) in [5.41, 5.74) is 2.34. The lowest BCUT2D eigenvalue weighted by Crippen LogP contribution is -2.53. The largest absolute Gasteiger partial charge is 0.350 e. The summed E-state index contributed by atoms with van der Waals surface area (Å²) in [6.45, 7) is 9.89. The minimum atomic E-state index is -0.604. The second-order valence-corrected chi connectivity index (χ2v) is 9.37. The fraction of sp³-hybridized carbons (Fsp3) is 0.417. The van der Waals surface area contributed by atoms with E-state index in [2.05, 4.69) is 5.32 Å². The predicted molar refractivity (Wildman–Crippen MR) is 124 cm³/mol. The van der Waals surface area contributed by atoms with E-state index >= 15 is 0 Å². The maximum absolute atomic E-state index is 13.4. The molecule has 0 bridgehead atoms. The summed E-state index contributed by atoms with van der Waals surface area (Å²) in [4.78, 5) is 28.0. The fourth-order valence-electron chi connectivity index (χ4n) is 3.28. The zero-order chi connectivity index (χ0) is 22.5. The van der Waals surface area contributed by atoms with Crippen LogP contribution in [0.2, 0.25) is 10.0 Å². The standard InChI is InChI=1S/C24H30Cl2N2O2/c1-6-21(23(30)27-24(3,4)5)28(15-18-11-12-19(25)14-20(18)26)22(29)13-17-10-8-7-9-16(17)2/h7-12,14,21H,6,13,15H2,1-5H3,(H,27,30)/t21-/m0/s1. The van der Waals surface area contributed by atoms with Gasteiger partial charge in [0.15, 0.2) is 0 Å². The molecule has 0 unspecified atom stereocenters. The second kappa shape index (κ2) is 10.3. The van der Waals surface area contributed by atoms with Crippen molar-refractivity contribution >= 4 is 35.0 Å². The Balaban J connectivity index is 2.38. The highest BCUT2D eigenvalue weighted by molar-refractivity contribution is 6.35. The first-order valence-electron chi connectivity index (χ1n) is 10.1. The number of nitrogens with one attached hydrogen (secondary N) is 1. The molecule has 0 fully saturated rings. The summed E-state index contributed by atoms with van der Waals surface area (Å²) in [5.74, 6) is -0.292. The highest BCUT2D eigenvalue weighted by atomic mass is 35.5. The van der Waals surface area contributed by atoms with Crippen molar-refractivity contribution in [3.63, 3.8) is 0 Å². The van der Waals surface area contributed by atoms with Crippen LogP contribution in [0.1, 0.15) is 50.8 Å². The SMILES string of the molecule is CC[C@@H](C(=O)NC(C)(C)C)N(Cc1ccc(Cl)cc1Cl)C(=O)Cc1ccccc1C. The molecule has 0 saturated heterocycles. The molecule has 4 nitrogen and oxygen atoms in total. The Hall–Kier alpha value is -2.04. The van der Waals surface area contributed by atoms with Crippen LogP contribution in [0.15, 0.2) is 42.5 Å². The lowest BCUT2D eigenvalue weighted by Gasteiger charge is -2.33. The van der Waals surface area contributed by atoms with Crippen molar-refractivity contribution in [2.75, 3.05) is 0 Å². The molecule has 162 valence electrons. The number of amides is 2. The quantitative estimate of drug-likeness (QED) is 0.601. The Morgan fingerprint density at radius 3 is 2.30 bits per heavy atom. The van der Waals surface area contributed by atoms with E-state index in [0.29, 0.717) is 16.5 Å². The molecule has 0 radical (unpaired) electrons. The molecule has 0 aliphatic carbocycles. The number of rotatable bonds is 7. The Labute approximate surface area is 189 Å². The van der Waals surface area contributed by atoms with Crippen molar-refractivity contribution in [2.45, 2.75) is 65.6 Å². The number of benzene rings is 2. The van der Waals surface area contributed by atoms with Gasteiger partial charge in [0.2, 0.25) is 11.8 Å². The zero-order valence-electron chi connectivity index (χ0n) is 18.3. The van der Waals surface area contributed by atoms with Crippen LogP contribution >= 0.6 is 23.2 Å². The third-order valence-corrected chi connectivity index (χ3v) is 5.43. The lowest BCUT2D eigenvalue weighted by molar-refractivity contribution is -0.141. The Kier molecular flexibility index (Phi) is 8.34. The molecule has 2 rings (SSSR count). The zero-order valence-corrected chi connectivity index (χ0v) is 19.8. The van der Waals surface area contributed by atoms with Gasteiger partial charge >= 0.3 is 0 Å². The number of hydrogen-bond acceptors (Lipinski definition) is 2. The van der Waals surface area contributed by atoms with E-state index < -0.39 is 11.6 Å². The van der Waals surface area contributed by atoms with Gasteiger partial charge in [-0.3, -0.25) is 9.59 Å². The van der Waals surface area contributed by atoms with E-state index in [4.69, 9.17) is 23.2 Å². The van der Waals surface area contributed by atoms with E-state index in [1.165, 1.54) is 0 Å². The molecule has 2 aromatic rings. The summed E-state index contributed by atoms with van der Waals surface area (Å²) < 4.78 is 0. The highest BCUT2D eigenvalue weighted by Crippen LogP contribution is 2.24. The van der Waals surface area contributed by atoms with Gasteiger partial charge in [-0.15, -0.1) is 0 Å². The van der Waals surface area contributed by atoms with Gasteiger partial charge in [0.1, 0.15) is 6.04 Å². The van der Waals surface area contributed by atoms with Gasteiger partial charge in [-0.05, 0) is 62.9 Å². The number of aryl methyl sites for hydroxylation is 1. The number of carbonyl (C=O) groups excluding carboxylic acids is 2. The van der Waals surface area contributed by atoms with E-state index in [1.54, 1.807) is 23.1 Å². The third-order valence-electron chi connectivity index (χ3n) is 4.84. The minimum Gasteiger partial charge on any atom is -0.350 e. The predicted octanol–water partition coefficient (Wildman–Crippen LogP) is 5.57. The van der Waals surface area contributed by atoms with Crippen molar-refractivity contribution in [1.29, 1.82) is 0 Å². The van der Waals surface area contributed by atoms with Crippen LogP contribution in [-0.4, -0.2) is 28.3 Å². The Bertz CT molecular complexity index is 906. The summed E-state index contributed by atoms with van der Waals surface area (Å²) >= 11 is 12.4. The maximum atomic E-state index is 13.4. The van der Waals surface area contributed by atoms with Gasteiger partial charge in [0.25, 0.3) is 0 Å². The molecule has 0 aliphatic rings. The highest BCUT2D eigenvalue weighted by Gasteiger charge is 2.31. The summed E-state index contributed by atoms with van der Waals surface area (Å²) in [7, 11) is 0. The van der Waals surface area contributed by atoms with Crippen molar-refractivity contribution in [2.24, 2.45) is 0 Å². The molecular formula is C24H30Cl2N2O2. The Morgan fingerprint density at radius 1 is 1.07 bits per heavy atom. The molecule has 0 heterocycles. The van der Waals surface area contributed by atoms with Crippen molar-refractivity contribution in [3.8, 4) is 0 Å². The van der Waals surface area contributed by atoms with Gasteiger partial charge in [0, 0.05) is 22.1 Å². The molecule has 2 amide bonds. The first-order chi connectivity index (χ1) is 14.0. The van der Waals surface area contributed by atoms with Crippen molar-refractivity contribution in [1.82, 2.24) is 10.2 Å². The van der Waals surface area contributed by atoms with Crippen LogP contribution in [0.4, 0.5) is 0 Å². The molecule has 0 saturated carbocycles. The van der Waals surface area contributed by atoms with E-state index in [-0.39, 0.29) is 24.8 Å². The van der Waals surface area contributed by atoms with Gasteiger partial charge < -0.3 is 10.2 Å². The van der Waals surface area contributed by atoms with Gasteiger partial charge in [0.05, 0.1) is 6.42 Å². The van der Waals surface area contributed by atoms with Crippen LogP contribution in [0.3, 0.4) is 0 Å². The van der Waals surface area contributed by atoms with Crippen molar-refractivity contribution in [3.05, 3.63) is 69.2 Å². The summed E-state index contributed by atoms with van der Waals surface area (Å²) in [6, 6.07) is 12.4. The monoisotopic (exact) mass is 448 g/mol. The topological polar surface area (TPSA) is 49.4 Å². The van der Waals surface area contributed by atoms with Crippen LogP contribution in [-0.2, 0) is 22.6 Å². The number of carbonyl (C=O) groups is 2. The molecule has 2 aromatic carbocycles. The first-order valence-corrected chi connectivity index (χ1v) is 10.9. The van der Waals surface area contributed by atoms with E-state index in [0.717, 1.165) is 16.7 Å². The second-order valence-electron chi connectivity index (χ2n) is 8.52. The summed E-state index contributed by atoms with van der Waals surface area (Å²) in [6.07, 6.45) is 0.712. The van der Waals surface area contributed by atoms with Crippen LogP contribution in [0.5, 0.6) is 0 Å². The van der Waals surface area contributed by atoms with Gasteiger partial charge in [-0.2, -0.15) is 0 Å². The number of hydrogen-bond donors (Lipinski definition) is 1. The van der Waals surface area contributed by atoms with Crippen LogP contribution in [0, 0.1) is 6.92 Å². The maximum Gasteiger partial charge on any atom is 0.243 e. The summed E-state index contributed by atoms with van der Waals surface area (Å²) in [5, 5.41) is 4.00. The lowest BCUT2D eigenvalue weighted by atomic mass is 10.0. The average Bonchev–Trinajstić information content (AvgIpc) is 2.63. The Morgan fingerprint density at radius 2 is 1.73 bits per heavy atom. The molecule has 0 spiro atoms. The molecule has 6 heteroatoms. The molecule has 0 aliphatic heterocycles. The van der Waals surface area contributed by atoms with Gasteiger partial charge in [-0.25, -0.2) is 0 Å². The number of nitrogens with zero attached hydrogens (tertiary/aromatic N) is 1. The van der Waals surface area contributed by atoms with Crippen LogP contribution in [0.25, 0.3) is 0 Å². The number of halogens is 2. The molecule has 30 heavy (non-hydrogen) atoms. The van der Waals surface area contributed by atoms with E-state index in [9.17, 15) is 9.59 Å². The molecular weight excluding hydrogens is 419 g/mol.